The Labute approximate surface area is 173 Å². The van der Waals surface area contributed by atoms with Crippen LogP contribution >= 0.6 is 0 Å². The zero-order valence-corrected chi connectivity index (χ0v) is 16.6. The highest BCUT2D eigenvalue weighted by atomic mass is 16.5. The zero-order valence-electron chi connectivity index (χ0n) is 16.6. The van der Waals surface area contributed by atoms with Crippen LogP contribution in [0.5, 0.6) is 0 Å². The average Bonchev–Trinajstić information content (AvgIpc) is 2.72. The van der Waals surface area contributed by atoms with E-state index in [1.807, 2.05) is 0 Å². The van der Waals surface area contributed by atoms with Gasteiger partial charge >= 0.3 is 5.97 Å². The fourth-order valence-corrected chi connectivity index (χ4v) is 2.69. The number of carbonyl (C=O) groups is 4. The number of hydrazine groups is 1. The highest BCUT2D eigenvalue weighted by Crippen LogP contribution is 2.11. The van der Waals surface area contributed by atoms with Crippen LogP contribution in [0.2, 0.25) is 0 Å². The Hall–Kier alpha value is -3.67. The van der Waals surface area contributed by atoms with Crippen LogP contribution in [0.3, 0.4) is 0 Å². The highest BCUT2D eigenvalue weighted by molar-refractivity contribution is 6.04. The summed E-state index contributed by atoms with van der Waals surface area (Å²) >= 11 is 0. The topological polar surface area (TPSA) is 170 Å². The van der Waals surface area contributed by atoms with Crippen LogP contribution in [-0.2, 0) is 19.1 Å². The number of nitrogens with two attached hydrogens (primary N) is 1. The van der Waals surface area contributed by atoms with E-state index in [4.69, 9.17) is 11.1 Å². The van der Waals surface area contributed by atoms with Gasteiger partial charge in [-0.1, -0.05) is 6.07 Å². The van der Waals surface area contributed by atoms with Crippen LogP contribution < -0.4 is 21.8 Å². The standard InChI is InChI=1S/C18H25N7O5/c1-30-16(28)11-21-17(29)12-3-2-4-13(9-12)22-14(26)10-15(27)23-25-7-5-24(6-8-25)18(19)20/h2-4,9H,5-8,10-11H2,1H3,(H3,19,20)(H,21,29)(H,22,26)(H,23,27). The number of amides is 3. The summed E-state index contributed by atoms with van der Waals surface area (Å²) in [6.45, 7) is 1.71. The van der Waals surface area contributed by atoms with Crippen molar-refractivity contribution in [2.75, 3.05) is 45.2 Å². The van der Waals surface area contributed by atoms with E-state index in [2.05, 4.69) is 20.8 Å². The molecule has 0 saturated carbocycles. The number of anilines is 1. The first-order valence-electron chi connectivity index (χ1n) is 9.17. The number of esters is 1. The number of nitrogens with one attached hydrogen (secondary N) is 4. The van der Waals surface area contributed by atoms with Crippen LogP contribution in [0.4, 0.5) is 5.69 Å². The average molecular weight is 419 g/mol. The maximum absolute atomic E-state index is 12.1. The molecule has 2 rings (SSSR count). The molecule has 1 aromatic carbocycles. The van der Waals surface area contributed by atoms with Crippen LogP contribution in [0.25, 0.3) is 0 Å². The molecule has 1 aliphatic rings. The van der Waals surface area contributed by atoms with Crippen LogP contribution in [0.15, 0.2) is 24.3 Å². The molecule has 1 saturated heterocycles. The van der Waals surface area contributed by atoms with Gasteiger partial charge in [0.05, 0.1) is 7.11 Å². The van der Waals surface area contributed by atoms with Crippen molar-refractivity contribution < 1.29 is 23.9 Å². The third-order valence-electron chi connectivity index (χ3n) is 4.25. The quantitative estimate of drug-likeness (QED) is 0.153. The second-order valence-corrected chi connectivity index (χ2v) is 6.46. The molecule has 0 atom stereocenters. The molecule has 6 N–H and O–H groups in total. The molecule has 3 amide bonds. The molecule has 0 radical (unpaired) electrons. The van der Waals surface area contributed by atoms with Gasteiger partial charge in [0.2, 0.25) is 11.8 Å². The van der Waals surface area contributed by atoms with Gasteiger partial charge in [0.25, 0.3) is 5.91 Å². The number of hydrogen-bond donors (Lipinski definition) is 5. The summed E-state index contributed by atoms with van der Waals surface area (Å²) in [5, 5.41) is 14.0. The van der Waals surface area contributed by atoms with E-state index in [1.54, 1.807) is 22.0 Å². The van der Waals surface area contributed by atoms with E-state index in [0.29, 0.717) is 31.9 Å². The minimum Gasteiger partial charge on any atom is -0.468 e. The first-order chi connectivity index (χ1) is 14.3. The Morgan fingerprint density at radius 2 is 1.83 bits per heavy atom. The lowest BCUT2D eigenvalue weighted by atomic mass is 10.2. The molecule has 0 unspecified atom stereocenters. The molecule has 0 aromatic heterocycles. The number of guanidine groups is 1. The van der Waals surface area contributed by atoms with E-state index in [-0.39, 0.29) is 18.1 Å². The van der Waals surface area contributed by atoms with Crippen molar-refractivity contribution in [3.8, 4) is 0 Å². The second kappa shape index (κ2) is 10.8. The van der Waals surface area contributed by atoms with Crippen molar-refractivity contribution in [1.29, 1.82) is 5.41 Å². The molecule has 30 heavy (non-hydrogen) atoms. The van der Waals surface area contributed by atoms with Gasteiger partial charge in [-0.25, -0.2) is 5.01 Å². The molecule has 12 nitrogen and oxygen atoms in total. The first kappa shape index (κ1) is 22.6. The number of rotatable bonds is 7. The molecule has 162 valence electrons. The minimum absolute atomic E-state index is 0.0124. The molecular formula is C18H25N7O5. The summed E-state index contributed by atoms with van der Waals surface area (Å²) in [4.78, 5) is 49.0. The van der Waals surface area contributed by atoms with Crippen molar-refractivity contribution in [1.82, 2.24) is 20.7 Å². The minimum atomic E-state index is -0.582. The van der Waals surface area contributed by atoms with E-state index in [9.17, 15) is 19.2 Å². The van der Waals surface area contributed by atoms with Gasteiger partial charge < -0.3 is 26.0 Å². The third-order valence-corrected chi connectivity index (χ3v) is 4.25. The Bertz CT molecular complexity index is 821. The Morgan fingerprint density at radius 1 is 1.13 bits per heavy atom. The van der Waals surface area contributed by atoms with Crippen LogP contribution in [0.1, 0.15) is 16.8 Å². The number of carbonyl (C=O) groups excluding carboxylic acids is 4. The zero-order chi connectivity index (χ0) is 22.1. The lowest BCUT2D eigenvalue weighted by molar-refractivity contribution is -0.139. The Kier molecular flexibility index (Phi) is 8.11. The summed E-state index contributed by atoms with van der Waals surface area (Å²) in [6.07, 6.45) is -0.397. The predicted molar refractivity (Wildman–Crippen MR) is 107 cm³/mol. The second-order valence-electron chi connectivity index (χ2n) is 6.46. The van der Waals surface area contributed by atoms with Crippen molar-refractivity contribution in [2.24, 2.45) is 5.73 Å². The van der Waals surface area contributed by atoms with Gasteiger partial charge in [-0.15, -0.1) is 0 Å². The molecular weight excluding hydrogens is 394 g/mol. The molecule has 1 aliphatic heterocycles. The van der Waals surface area contributed by atoms with Gasteiger partial charge in [-0.05, 0) is 18.2 Å². The molecule has 0 aliphatic carbocycles. The van der Waals surface area contributed by atoms with Crippen molar-refractivity contribution in [3.63, 3.8) is 0 Å². The summed E-state index contributed by atoms with van der Waals surface area (Å²) in [7, 11) is 1.22. The van der Waals surface area contributed by atoms with Crippen molar-refractivity contribution in [3.05, 3.63) is 29.8 Å². The fraction of sp³-hybridized carbons (Fsp3) is 0.389. The summed E-state index contributed by atoms with van der Waals surface area (Å²) < 4.78 is 4.45. The van der Waals surface area contributed by atoms with E-state index in [1.165, 1.54) is 19.2 Å². The molecule has 1 fully saturated rings. The number of methoxy groups -OCH3 is 1. The van der Waals surface area contributed by atoms with E-state index >= 15 is 0 Å². The van der Waals surface area contributed by atoms with E-state index in [0.717, 1.165) is 0 Å². The van der Waals surface area contributed by atoms with Gasteiger partial charge in [-0.3, -0.25) is 30.0 Å². The SMILES string of the molecule is COC(=O)CNC(=O)c1cccc(NC(=O)CC(=O)NN2CCN(C(=N)N)CC2)c1. The maximum atomic E-state index is 12.1. The summed E-state index contributed by atoms with van der Waals surface area (Å²) in [6, 6.07) is 6.10. The van der Waals surface area contributed by atoms with Crippen molar-refractivity contribution in [2.45, 2.75) is 6.42 Å². The Morgan fingerprint density at radius 3 is 2.47 bits per heavy atom. The number of ether oxygens (including phenoxy) is 1. The lowest BCUT2D eigenvalue weighted by Gasteiger charge is -2.34. The maximum Gasteiger partial charge on any atom is 0.325 e. The van der Waals surface area contributed by atoms with E-state index < -0.39 is 30.1 Å². The number of nitrogens with zero attached hydrogens (tertiary/aromatic N) is 2. The molecule has 1 aromatic rings. The monoisotopic (exact) mass is 419 g/mol. The van der Waals surface area contributed by atoms with Crippen LogP contribution in [-0.4, -0.2) is 79.4 Å². The lowest BCUT2D eigenvalue weighted by Crippen LogP contribution is -2.56. The number of benzene rings is 1. The first-order valence-corrected chi connectivity index (χ1v) is 9.17. The van der Waals surface area contributed by atoms with Gasteiger partial charge in [0.15, 0.2) is 5.96 Å². The fourth-order valence-electron chi connectivity index (χ4n) is 2.69. The van der Waals surface area contributed by atoms with Gasteiger partial charge in [0, 0.05) is 37.4 Å². The number of hydrogen-bond acceptors (Lipinski definition) is 7. The van der Waals surface area contributed by atoms with Gasteiger partial charge in [-0.2, -0.15) is 0 Å². The predicted octanol–water partition coefficient (Wildman–Crippen LogP) is -1.54. The highest BCUT2D eigenvalue weighted by Gasteiger charge is 2.20. The molecule has 0 spiro atoms. The Balaban J connectivity index is 1.80. The normalized spacial score (nSPS) is 13.8. The molecule has 1 heterocycles. The third kappa shape index (κ3) is 7.05. The smallest absolute Gasteiger partial charge is 0.325 e. The molecule has 12 heteroatoms. The largest absolute Gasteiger partial charge is 0.468 e. The van der Waals surface area contributed by atoms with Gasteiger partial charge in [0.1, 0.15) is 13.0 Å². The number of piperazine rings is 1. The molecule has 0 bridgehead atoms. The summed E-state index contributed by atoms with van der Waals surface area (Å²) in [5.41, 5.74) is 8.65. The summed E-state index contributed by atoms with van der Waals surface area (Å²) in [5.74, 6) is -2.11. The van der Waals surface area contributed by atoms with Crippen LogP contribution in [0, 0.1) is 5.41 Å². The van der Waals surface area contributed by atoms with Crippen molar-refractivity contribution >= 4 is 35.3 Å².